The molecule has 0 saturated carbocycles. The monoisotopic (exact) mass is 411 g/mol. The summed E-state index contributed by atoms with van der Waals surface area (Å²) in [6, 6.07) is 12.1. The molecule has 1 unspecified atom stereocenters. The van der Waals surface area contributed by atoms with E-state index in [4.69, 9.17) is 9.15 Å². The summed E-state index contributed by atoms with van der Waals surface area (Å²) in [6.07, 6.45) is 0.321. The molecule has 7 heteroatoms. The first-order valence-electron chi connectivity index (χ1n) is 9.73. The van der Waals surface area contributed by atoms with Gasteiger partial charge in [0.25, 0.3) is 0 Å². The van der Waals surface area contributed by atoms with Gasteiger partial charge in [-0.2, -0.15) is 0 Å². The Bertz CT molecular complexity index is 997. The fraction of sp³-hybridized carbons (Fsp3) is 0.364. The molecule has 0 spiro atoms. The highest BCUT2D eigenvalue weighted by Gasteiger charge is 2.27. The first kappa shape index (κ1) is 19.5. The highest BCUT2D eigenvalue weighted by molar-refractivity contribution is 7.13. The third-order valence-electron chi connectivity index (χ3n) is 5.20. The number of amides is 1. The minimum atomic E-state index is 0.120. The van der Waals surface area contributed by atoms with Crippen molar-refractivity contribution in [1.29, 1.82) is 0 Å². The summed E-state index contributed by atoms with van der Waals surface area (Å²) in [7, 11) is 1.68. The van der Waals surface area contributed by atoms with E-state index in [0.29, 0.717) is 19.5 Å². The molecule has 1 aromatic carbocycles. The molecule has 3 aromatic rings. The van der Waals surface area contributed by atoms with E-state index in [-0.39, 0.29) is 11.9 Å². The fourth-order valence-corrected chi connectivity index (χ4v) is 4.45. The number of nitrogens with zero attached hydrogens (tertiary/aromatic N) is 3. The second-order valence-corrected chi connectivity index (χ2v) is 8.17. The molecule has 0 aliphatic carbocycles. The number of thiazole rings is 1. The van der Waals surface area contributed by atoms with Gasteiger partial charge >= 0.3 is 0 Å². The molecule has 0 bridgehead atoms. The summed E-state index contributed by atoms with van der Waals surface area (Å²) in [5, 5.41) is 2.76. The van der Waals surface area contributed by atoms with Crippen LogP contribution in [0, 0.1) is 6.92 Å². The van der Waals surface area contributed by atoms with Gasteiger partial charge in [-0.3, -0.25) is 4.79 Å². The molecule has 2 aromatic heterocycles. The molecule has 1 atom stereocenters. The number of hydrogen-bond acceptors (Lipinski definition) is 6. The van der Waals surface area contributed by atoms with Crippen LogP contribution >= 0.6 is 11.3 Å². The van der Waals surface area contributed by atoms with Gasteiger partial charge in [0, 0.05) is 42.8 Å². The topological polar surface area (TPSA) is 58.8 Å². The van der Waals surface area contributed by atoms with Crippen LogP contribution < -0.4 is 9.64 Å². The summed E-state index contributed by atoms with van der Waals surface area (Å²) in [6.45, 7) is 6.26. The molecule has 152 valence electrons. The number of rotatable bonds is 5. The maximum absolute atomic E-state index is 12.8. The molecule has 1 aliphatic heterocycles. The maximum atomic E-state index is 12.8. The minimum absolute atomic E-state index is 0.120. The minimum Gasteiger partial charge on any atom is -0.497 e. The first-order valence-corrected chi connectivity index (χ1v) is 10.6. The maximum Gasteiger partial charge on any atom is 0.228 e. The lowest BCUT2D eigenvalue weighted by Gasteiger charge is -2.41. The molecule has 1 fully saturated rings. The van der Waals surface area contributed by atoms with Crippen molar-refractivity contribution >= 4 is 22.9 Å². The van der Waals surface area contributed by atoms with Crippen molar-refractivity contribution in [2.24, 2.45) is 0 Å². The molecule has 1 amide bonds. The Labute approximate surface area is 174 Å². The van der Waals surface area contributed by atoms with Crippen LogP contribution in [0.4, 0.5) is 5.69 Å². The van der Waals surface area contributed by atoms with Crippen LogP contribution in [0.2, 0.25) is 0 Å². The summed E-state index contributed by atoms with van der Waals surface area (Å²) < 4.78 is 11.0. The van der Waals surface area contributed by atoms with Crippen LogP contribution in [-0.4, -0.2) is 48.6 Å². The van der Waals surface area contributed by atoms with Crippen LogP contribution in [0.5, 0.6) is 5.75 Å². The third kappa shape index (κ3) is 4.29. The average molecular weight is 412 g/mol. The fourth-order valence-electron chi connectivity index (χ4n) is 3.67. The van der Waals surface area contributed by atoms with Crippen LogP contribution in [0.15, 0.2) is 46.2 Å². The number of benzene rings is 1. The van der Waals surface area contributed by atoms with E-state index in [1.165, 1.54) is 11.3 Å². The molecular formula is C22H25N3O3S. The van der Waals surface area contributed by atoms with Crippen molar-refractivity contribution in [1.82, 2.24) is 9.88 Å². The lowest BCUT2D eigenvalue weighted by atomic mass is 10.1. The molecule has 4 rings (SSSR count). The van der Waals surface area contributed by atoms with Crippen molar-refractivity contribution < 1.29 is 13.9 Å². The Morgan fingerprint density at radius 2 is 2.17 bits per heavy atom. The number of anilines is 1. The van der Waals surface area contributed by atoms with Crippen LogP contribution in [0.3, 0.4) is 0 Å². The second-order valence-electron chi connectivity index (χ2n) is 7.31. The van der Waals surface area contributed by atoms with Crippen LogP contribution in [0.1, 0.15) is 18.4 Å². The molecule has 29 heavy (non-hydrogen) atoms. The van der Waals surface area contributed by atoms with Gasteiger partial charge in [-0.1, -0.05) is 6.07 Å². The molecule has 0 N–H and O–H groups in total. The zero-order valence-electron chi connectivity index (χ0n) is 16.9. The van der Waals surface area contributed by atoms with Gasteiger partial charge in [0.1, 0.15) is 11.5 Å². The summed E-state index contributed by atoms with van der Waals surface area (Å²) >= 11 is 1.51. The Hall–Kier alpha value is -2.80. The van der Waals surface area contributed by atoms with E-state index in [1.807, 2.05) is 47.5 Å². The Morgan fingerprint density at radius 3 is 2.90 bits per heavy atom. The van der Waals surface area contributed by atoms with Gasteiger partial charge in [-0.25, -0.2) is 4.98 Å². The Balaban J connectivity index is 1.38. The van der Waals surface area contributed by atoms with Crippen LogP contribution in [-0.2, 0) is 11.2 Å². The molecule has 3 heterocycles. The van der Waals surface area contributed by atoms with Crippen molar-refractivity contribution in [3.05, 3.63) is 53.2 Å². The summed E-state index contributed by atoms with van der Waals surface area (Å²) in [5.74, 6) is 2.58. The van der Waals surface area contributed by atoms with Crippen molar-refractivity contribution in [2.75, 3.05) is 31.6 Å². The van der Waals surface area contributed by atoms with Gasteiger partial charge in [0.05, 0.1) is 19.2 Å². The molecule has 1 saturated heterocycles. The second kappa shape index (κ2) is 8.29. The molecule has 6 nitrogen and oxygen atoms in total. The van der Waals surface area contributed by atoms with Gasteiger partial charge in [-0.15, -0.1) is 11.3 Å². The van der Waals surface area contributed by atoms with Gasteiger partial charge < -0.3 is 19.0 Å². The van der Waals surface area contributed by atoms with E-state index in [9.17, 15) is 4.79 Å². The summed E-state index contributed by atoms with van der Waals surface area (Å²) in [5.41, 5.74) is 1.92. The largest absolute Gasteiger partial charge is 0.497 e. The number of carbonyl (C=O) groups is 1. The quantitative estimate of drug-likeness (QED) is 0.635. The third-order valence-corrected chi connectivity index (χ3v) is 6.11. The molecular weight excluding hydrogens is 386 g/mol. The normalized spacial score (nSPS) is 16.9. The highest BCUT2D eigenvalue weighted by atomic mass is 32.1. The average Bonchev–Trinajstić information content (AvgIpc) is 3.36. The molecule has 1 aliphatic rings. The number of hydrogen-bond donors (Lipinski definition) is 0. The van der Waals surface area contributed by atoms with E-state index < -0.39 is 0 Å². The standard InChI is InChI=1S/C22H25N3O3S/c1-15-13-24(9-10-25(15)18-5-4-6-19(12-18)27-3)21(26)11-17-14-29-22(23-17)20-8-7-16(2)28-20/h4-8,12,14-15H,9-11,13H2,1-3H3. The number of piperazine rings is 1. The van der Waals surface area contributed by atoms with E-state index in [0.717, 1.165) is 40.2 Å². The van der Waals surface area contributed by atoms with E-state index in [1.54, 1.807) is 7.11 Å². The smallest absolute Gasteiger partial charge is 0.228 e. The number of aromatic nitrogens is 1. The lowest BCUT2D eigenvalue weighted by molar-refractivity contribution is -0.131. The summed E-state index contributed by atoms with van der Waals surface area (Å²) in [4.78, 5) is 21.7. The Morgan fingerprint density at radius 1 is 1.31 bits per heavy atom. The van der Waals surface area contributed by atoms with Crippen molar-refractivity contribution in [3.8, 4) is 16.5 Å². The van der Waals surface area contributed by atoms with Crippen LogP contribution in [0.25, 0.3) is 10.8 Å². The number of ether oxygens (including phenoxy) is 1. The lowest BCUT2D eigenvalue weighted by Crippen LogP contribution is -2.54. The van der Waals surface area contributed by atoms with Crippen molar-refractivity contribution in [2.45, 2.75) is 26.3 Å². The zero-order chi connectivity index (χ0) is 20.4. The zero-order valence-corrected chi connectivity index (χ0v) is 17.7. The highest BCUT2D eigenvalue weighted by Crippen LogP contribution is 2.27. The number of methoxy groups -OCH3 is 1. The first-order chi connectivity index (χ1) is 14.0. The predicted octanol–water partition coefficient (Wildman–Crippen LogP) is 4.00. The van der Waals surface area contributed by atoms with Crippen molar-refractivity contribution in [3.63, 3.8) is 0 Å². The van der Waals surface area contributed by atoms with E-state index in [2.05, 4.69) is 22.9 Å². The number of aryl methyl sites for hydroxylation is 1. The number of furan rings is 1. The van der Waals surface area contributed by atoms with Gasteiger partial charge in [0.2, 0.25) is 5.91 Å². The van der Waals surface area contributed by atoms with Gasteiger partial charge in [0.15, 0.2) is 10.8 Å². The SMILES string of the molecule is COc1cccc(N2CCN(C(=O)Cc3csc(-c4ccc(C)o4)n3)CC2C)c1. The van der Waals surface area contributed by atoms with E-state index >= 15 is 0 Å². The van der Waals surface area contributed by atoms with Gasteiger partial charge in [-0.05, 0) is 38.1 Å². The molecule has 0 radical (unpaired) electrons. The number of carbonyl (C=O) groups excluding carboxylic acids is 1. The predicted molar refractivity (Wildman–Crippen MR) is 115 cm³/mol. The Kier molecular flexibility index (Phi) is 5.58.